The first-order chi connectivity index (χ1) is 19.3. The maximum absolute atomic E-state index is 13.6. The van der Waals surface area contributed by atoms with Gasteiger partial charge in [-0.1, -0.05) is 6.08 Å². The van der Waals surface area contributed by atoms with Crippen LogP contribution in [0.2, 0.25) is 0 Å². The lowest BCUT2D eigenvalue weighted by Crippen LogP contribution is -2.39. The number of morpholine rings is 1. The number of carbonyl (C=O) groups is 2. The summed E-state index contributed by atoms with van der Waals surface area (Å²) in [6, 6.07) is 6.35. The number of hydrogen-bond acceptors (Lipinski definition) is 6. The van der Waals surface area contributed by atoms with Gasteiger partial charge in [-0.3, -0.25) is 14.5 Å². The highest BCUT2D eigenvalue weighted by atomic mass is 16.5. The lowest BCUT2D eigenvalue weighted by atomic mass is 9.97. The Hall–Kier alpha value is -3.93. The quantitative estimate of drug-likeness (QED) is 0.273. The third-order valence-corrected chi connectivity index (χ3v) is 7.92. The largest absolute Gasteiger partial charge is 0.392 e. The molecule has 40 heavy (non-hydrogen) atoms. The molecule has 0 bridgehead atoms. The van der Waals surface area contributed by atoms with Crippen LogP contribution in [0, 0.1) is 18.3 Å². The second-order valence-electron chi connectivity index (χ2n) is 10.5. The van der Waals surface area contributed by atoms with Gasteiger partial charge in [0.1, 0.15) is 6.29 Å². The number of nitrogens with one attached hydrogen (secondary N) is 2. The summed E-state index contributed by atoms with van der Waals surface area (Å²) < 4.78 is 7.77. The normalized spacial score (nSPS) is 17.9. The van der Waals surface area contributed by atoms with Gasteiger partial charge in [0.25, 0.3) is 5.91 Å². The van der Waals surface area contributed by atoms with E-state index in [0.29, 0.717) is 24.4 Å². The number of rotatable bonds is 9. The van der Waals surface area contributed by atoms with Crippen LogP contribution < -0.4 is 10.6 Å². The molecule has 2 N–H and O–H groups in total. The minimum Gasteiger partial charge on any atom is -0.392 e. The molecule has 0 spiro atoms. The van der Waals surface area contributed by atoms with Crippen LogP contribution in [-0.2, 0) is 9.53 Å². The molecule has 1 atom stereocenters. The average molecular weight is 542 g/mol. The van der Waals surface area contributed by atoms with Crippen molar-refractivity contribution < 1.29 is 14.3 Å². The second kappa shape index (κ2) is 12.9. The summed E-state index contributed by atoms with van der Waals surface area (Å²) in [6.45, 7) is 11.1. The van der Waals surface area contributed by atoms with Crippen LogP contribution >= 0.6 is 0 Å². The topological polar surface area (TPSA) is 98.9 Å². The van der Waals surface area contributed by atoms with E-state index >= 15 is 0 Å². The number of nitrogens with zero attached hydrogens (tertiary/aromatic N) is 3. The van der Waals surface area contributed by atoms with E-state index < -0.39 is 0 Å². The summed E-state index contributed by atoms with van der Waals surface area (Å²) in [5.74, 6) is -0.219. The Morgan fingerprint density at radius 3 is 2.67 bits per heavy atom. The van der Waals surface area contributed by atoms with Crippen LogP contribution in [0.1, 0.15) is 66.8 Å². The second-order valence-corrected chi connectivity index (χ2v) is 10.5. The van der Waals surface area contributed by atoms with E-state index in [0.717, 1.165) is 77.0 Å². The Labute approximate surface area is 236 Å². The predicted octanol–water partition coefficient (Wildman–Crippen LogP) is 4.64. The van der Waals surface area contributed by atoms with Gasteiger partial charge >= 0.3 is 0 Å². The minimum atomic E-state index is -0.219. The molecule has 0 saturated carbocycles. The van der Waals surface area contributed by atoms with Crippen LogP contribution in [0.25, 0.3) is 11.1 Å². The van der Waals surface area contributed by atoms with E-state index in [1.165, 1.54) is 0 Å². The van der Waals surface area contributed by atoms with Gasteiger partial charge in [-0.2, -0.15) is 5.26 Å². The first-order valence-electron chi connectivity index (χ1n) is 13.8. The molecule has 1 fully saturated rings. The van der Waals surface area contributed by atoms with E-state index in [4.69, 9.17) is 4.74 Å². The van der Waals surface area contributed by atoms with Gasteiger partial charge in [0, 0.05) is 78.1 Å². The minimum absolute atomic E-state index is 0.0484. The highest BCUT2D eigenvalue weighted by molar-refractivity contribution is 5.98. The van der Waals surface area contributed by atoms with Crippen molar-refractivity contribution in [2.75, 3.05) is 39.9 Å². The van der Waals surface area contributed by atoms with Gasteiger partial charge in [0.15, 0.2) is 0 Å². The summed E-state index contributed by atoms with van der Waals surface area (Å²) in [6.07, 6.45) is 10.5. The number of amides is 1. The average Bonchev–Trinajstić information content (AvgIpc) is 3.41. The molecule has 210 valence electrons. The lowest BCUT2D eigenvalue weighted by molar-refractivity contribution is -0.105. The summed E-state index contributed by atoms with van der Waals surface area (Å²) in [5.41, 5.74) is 8.53. The van der Waals surface area contributed by atoms with Crippen LogP contribution in [0.4, 0.5) is 0 Å². The van der Waals surface area contributed by atoms with Crippen LogP contribution in [0.5, 0.6) is 0 Å². The number of hydrogen-bond donors (Lipinski definition) is 2. The lowest BCUT2D eigenvalue weighted by Gasteiger charge is -2.34. The van der Waals surface area contributed by atoms with E-state index in [9.17, 15) is 14.9 Å². The molecule has 1 unspecified atom stereocenters. The molecule has 0 aromatic carbocycles. The molecule has 2 aliphatic rings. The fourth-order valence-electron chi connectivity index (χ4n) is 5.45. The fourth-order valence-corrected chi connectivity index (χ4v) is 5.45. The number of carbonyl (C=O) groups excluding carboxylic acids is 2. The summed E-state index contributed by atoms with van der Waals surface area (Å²) in [4.78, 5) is 27.8. The zero-order valence-electron chi connectivity index (χ0n) is 24.1. The predicted molar refractivity (Wildman–Crippen MR) is 158 cm³/mol. The van der Waals surface area contributed by atoms with Gasteiger partial charge in [-0.25, -0.2) is 0 Å². The monoisotopic (exact) mass is 541 g/mol. The summed E-state index contributed by atoms with van der Waals surface area (Å²) >= 11 is 0. The number of fused-ring (bicyclic) bond motifs is 1. The van der Waals surface area contributed by atoms with E-state index in [1.807, 2.05) is 46.0 Å². The van der Waals surface area contributed by atoms with Crippen molar-refractivity contribution >= 4 is 23.3 Å². The smallest absolute Gasteiger partial charge is 0.251 e. The third-order valence-electron chi connectivity index (χ3n) is 7.92. The van der Waals surface area contributed by atoms with E-state index in [-0.39, 0.29) is 18.5 Å². The Bertz CT molecular complexity index is 1460. The molecule has 8 heteroatoms. The molecule has 2 aromatic rings. The molecule has 2 aromatic heterocycles. The van der Waals surface area contributed by atoms with Crippen molar-refractivity contribution in [3.05, 3.63) is 81.4 Å². The molecule has 1 saturated heterocycles. The highest BCUT2D eigenvalue weighted by Crippen LogP contribution is 2.32. The van der Waals surface area contributed by atoms with Crippen molar-refractivity contribution in [1.82, 2.24) is 19.9 Å². The van der Waals surface area contributed by atoms with Crippen LogP contribution in [0.15, 0.2) is 59.0 Å². The molecule has 1 aliphatic heterocycles. The fraction of sp³-hybridized carbons (Fsp3) is 0.406. The van der Waals surface area contributed by atoms with Crippen molar-refractivity contribution in [3.63, 3.8) is 0 Å². The molecule has 4 rings (SSSR count). The molecule has 3 heterocycles. The number of allylic oxidation sites excluding steroid dienone is 7. The molecule has 1 amide bonds. The maximum atomic E-state index is 13.6. The third kappa shape index (κ3) is 6.27. The zero-order valence-corrected chi connectivity index (χ0v) is 24.1. The van der Waals surface area contributed by atoms with Crippen molar-refractivity contribution in [2.24, 2.45) is 0 Å². The first-order valence-corrected chi connectivity index (χ1v) is 13.8. The Kier molecular flexibility index (Phi) is 9.41. The first kappa shape index (κ1) is 29.1. The summed E-state index contributed by atoms with van der Waals surface area (Å²) in [7, 11) is 1.83. The van der Waals surface area contributed by atoms with Gasteiger partial charge < -0.3 is 19.8 Å². The summed E-state index contributed by atoms with van der Waals surface area (Å²) in [5, 5.41) is 15.5. The Balaban J connectivity index is 1.75. The molecule has 8 nitrogen and oxygen atoms in total. The molecular formula is C32H39N5O3. The number of ether oxygens (including phenoxy) is 1. The maximum Gasteiger partial charge on any atom is 0.251 e. The van der Waals surface area contributed by atoms with Crippen LogP contribution in [0.3, 0.4) is 0 Å². The highest BCUT2D eigenvalue weighted by Gasteiger charge is 2.26. The SMILES string of the molecule is CN/C(C)=C\C(C)=C(/C=O)CNC(=O)c1cc2cc(C3=CCCC(C#N)=C3)cn2c(C(C)N2CCOCC2)c1C. The van der Waals surface area contributed by atoms with E-state index in [2.05, 4.69) is 51.3 Å². The number of aldehydes is 1. The molecule has 1 aliphatic carbocycles. The van der Waals surface area contributed by atoms with Crippen molar-refractivity contribution in [2.45, 2.75) is 46.6 Å². The number of pyridine rings is 1. The van der Waals surface area contributed by atoms with Crippen molar-refractivity contribution in [1.29, 1.82) is 5.26 Å². The van der Waals surface area contributed by atoms with Gasteiger partial charge in [0.2, 0.25) is 0 Å². The number of aromatic nitrogens is 1. The molecule has 0 radical (unpaired) electrons. The Morgan fingerprint density at radius 1 is 1.25 bits per heavy atom. The van der Waals surface area contributed by atoms with Gasteiger partial charge in [0.05, 0.1) is 19.3 Å². The van der Waals surface area contributed by atoms with Gasteiger partial charge in [-0.05, 0) is 81.5 Å². The zero-order chi connectivity index (χ0) is 28.8. The number of nitriles is 1. The van der Waals surface area contributed by atoms with Crippen molar-refractivity contribution in [3.8, 4) is 6.07 Å². The van der Waals surface area contributed by atoms with E-state index in [1.54, 1.807) is 0 Å². The molecular weight excluding hydrogens is 502 g/mol. The van der Waals surface area contributed by atoms with Gasteiger partial charge in [-0.15, -0.1) is 0 Å². The van der Waals surface area contributed by atoms with Crippen LogP contribution in [-0.4, -0.2) is 61.4 Å². The Morgan fingerprint density at radius 2 is 2.00 bits per heavy atom. The standard InChI is InChI=1S/C32H39N5O3/c1-21(13-22(2)34-5)28(20-38)18-35-32(39)30-16-29-15-27(26-8-6-7-25(14-26)17-33)19-37(29)31(23(30)3)24(4)36-9-11-40-12-10-36/h8,13-16,19-20,24,34H,6-7,9-12,18H2,1-5H3,(H,35,39)/b22-13-,28-21-.